The maximum atomic E-state index is 12.6. The summed E-state index contributed by atoms with van der Waals surface area (Å²) < 4.78 is 43.0. The number of halogens is 3. The summed E-state index contributed by atoms with van der Waals surface area (Å²) in [7, 11) is 0. The van der Waals surface area contributed by atoms with Crippen LogP contribution in [0, 0.1) is 0 Å². The van der Waals surface area contributed by atoms with E-state index in [9.17, 15) is 23.1 Å². The van der Waals surface area contributed by atoms with E-state index in [4.69, 9.17) is 4.74 Å². The number of alkyl halides is 3. The molecule has 1 aromatic rings. The van der Waals surface area contributed by atoms with Gasteiger partial charge in [-0.25, -0.2) is 14.8 Å². The van der Waals surface area contributed by atoms with Gasteiger partial charge >= 0.3 is 12.3 Å². The number of nitrogens with zero attached hydrogens (tertiary/aromatic N) is 4. The Kier molecular flexibility index (Phi) is 5.40. The number of hydrogen-bond donors (Lipinski definition) is 1. The van der Waals surface area contributed by atoms with Gasteiger partial charge in [0.2, 0.25) is 5.95 Å². The molecule has 0 bridgehead atoms. The Bertz CT molecular complexity index is 602. The first-order chi connectivity index (χ1) is 11.5. The van der Waals surface area contributed by atoms with E-state index in [1.807, 2.05) is 0 Å². The van der Waals surface area contributed by atoms with Crippen LogP contribution in [0.15, 0.2) is 12.4 Å². The van der Waals surface area contributed by atoms with Gasteiger partial charge in [-0.3, -0.25) is 4.90 Å². The highest BCUT2D eigenvalue weighted by atomic mass is 19.4. The maximum Gasteiger partial charge on any atom is 0.419 e. The van der Waals surface area contributed by atoms with Crippen LogP contribution in [0.2, 0.25) is 0 Å². The van der Waals surface area contributed by atoms with Crippen molar-refractivity contribution in [3.05, 3.63) is 18.0 Å². The first kappa shape index (κ1) is 19.2. The summed E-state index contributed by atoms with van der Waals surface area (Å²) in [6, 6.07) is -0.561. The van der Waals surface area contributed by atoms with Crippen molar-refractivity contribution < 1.29 is 27.8 Å². The van der Waals surface area contributed by atoms with E-state index in [2.05, 4.69) is 9.97 Å². The average Bonchev–Trinajstić information content (AvgIpc) is 2.52. The molecule has 7 nitrogen and oxygen atoms in total. The van der Waals surface area contributed by atoms with Crippen LogP contribution in [-0.2, 0) is 10.9 Å². The predicted octanol–water partition coefficient (Wildman–Crippen LogP) is 1.91. The Hall–Kier alpha value is -2.10. The lowest BCUT2D eigenvalue weighted by molar-refractivity contribution is -0.138. The van der Waals surface area contributed by atoms with Crippen molar-refractivity contribution in [1.82, 2.24) is 14.9 Å². The smallest absolute Gasteiger partial charge is 0.419 e. The van der Waals surface area contributed by atoms with Gasteiger partial charge in [-0.05, 0) is 20.8 Å². The van der Waals surface area contributed by atoms with Crippen LogP contribution >= 0.6 is 0 Å². The van der Waals surface area contributed by atoms with E-state index in [1.165, 1.54) is 4.90 Å². The fraction of sp³-hybridized carbons (Fsp3) is 0.667. The molecule has 25 heavy (non-hydrogen) atoms. The molecule has 0 radical (unpaired) electrons. The van der Waals surface area contributed by atoms with Crippen molar-refractivity contribution in [1.29, 1.82) is 0 Å². The molecule has 1 atom stereocenters. The minimum atomic E-state index is -4.50. The number of aromatic nitrogens is 2. The lowest BCUT2D eigenvalue weighted by atomic mass is 10.2. The Morgan fingerprint density at radius 2 is 1.88 bits per heavy atom. The minimum Gasteiger partial charge on any atom is -0.444 e. The molecule has 2 heterocycles. The first-order valence-electron chi connectivity index (χ1n) is 7.76. The molecule has 2 rings (SSSR count). The van der Waals surface area contributed by atoms with Gasteiger partial charge in [-0.1, -0.05) is 0 Å². The van der Waals surface area contributed by atoms with Gasteiger partial charge < -0.3 is 14.7 Å². The van der Waals surface area contributed by atoms with E-state index >= 15 is 0 Å². The maximum absolute atomic E-state index is 12.6. The van der Waals surface area contributed by atoms with Crippen molar-refractivity contribution >= 4 is 12.0 Å². The molecule has 1 N–H and O–H groups in total. The summed E-state index contributed by atoms with van der Waals surface area (Å²) in [6.45, 7) is 5.67. The van der Waals surface area contributed by atoms with Crippen LogP contribution in [0.5, 0.6) is 0 Å². The quantitative estimate of drug-likeness (QED) is 0.866. The topological polar surface area (TPSA) is 78.8 Å². The largest absolute Gasteiger partial charge is 0.444 e. The van der Waals surface area contributed by atoms with Crippen molar-refractivity contribution in [2.24, 2.45) is 0 Å². The number of anilines is 1. The number of carbonyl (C=O) groups excluding carboxylic acids is 1. The van der Waals surface area contributed by atoms with Gasteiger partial charge in [0, 0.05) is 32.0 Å². The number of ether oxygens (including phenoxy) is 1. The van der Waals surface area contributed by atoms with Gasteiger partial charge in [0.05, 0.1) is 18.2 Å². The Balaban J connectivity index is 2.07. The summed E-state index contributed by atoms with van der Waals surface area (Å²) in [6.07, 6.45) is -3.60. The normalized spacial score (nSPS) is 19.1. The van der Waals surface area contributed by atoms with E-state index < -0.39 is 29.5 Å². The molecule has 10 heteroatoms. The van der Waals surface area contributed by atoms with Crippen molar-refractivity contribution in [2.75, 3.05) is 31.1 Å². The first-order valence-corrected chi connectivity index (χ1v) is 7.76. The van der Waals surface area contributed by atoms with Crippen molar-refractivity contribution in [2.45, 2.75) is 38.6 Å². The number of aliphatic hydroxyl groups is 1. The number of amides is 1. The molecule has 1 aliphatic heterocycles. The fourth-order valence-corrected chi connectivity index (χ4v) is 2.39. The zero-order valence-corrected chi connectivity index (χ0v) is 14.2. The standard InChI is InChI=1S/C15H21F3N4O3/c1-14(2,3)25-13(24)22-5-4-21(8-11(22)9-23)12-19-6-10(7-20-12)15(16,17)18/h6-7,11,23H,4-5,8-9H2,1-3H3/t11-/m0/s1. The van der Waals surface area contributed by atoms with Gasteiger partial charge in [0.15, 0.2) is 0 Å². The Morgan fingerprint density at radius 3 is 2.36 bits per heavy atom. The summed E-state index contributed by atoms with van der Waals surface area (Å²) in [5.41, 5.74) is -1.59. The molecule has 140 valence electrons. The molecule has 1 fully saturated rings. The second-order valence-corrected chi connectivity index (χ2v) is 6.73. The number of rotatable bonds is 2. The molecular formula is C15H21F3N4O3. The number of hydrogen-bond acceptors (Lipinski definition) is 6. The molecule has 0 aromatic carbocycles. The summed E-state index contributed by atoms with van der Waals surface area (Å²) in [4.78, 5) is 22.7. The highest BCUT2D eigenvalue weighted by Gasteiger charge is 2.35. The van der Waals surface area contributed by atoms with Gasteiger partial charge in [0.1, 0.15) is 5.60 Å². The molecule has 1 aliphatic rings. The molecule has 1 aromatic heterocycles. The third-order valence-corrected chi connectivity index (χ3v) is 3.57. The monoisotopic (exact) mass is 362 g/mol. The molecule has 1 amide bonds. The van der Waals surface area contributed by atoms with Crippen LogP contribution in [0.1, 0.15) is 26.3 Å². The number of aliphatic hydroxyl groups excluding tert-OH is 1. The van der Waals surface area contributed by atoms with E-state index in [-0.39, 0.29) is 25.6 Å². The molecule has 0 saturated carbocycles. The van der Waals surface area contributed by atoms with Crippen LogP contribution < -0.4 is 4.90 Å². The van der Waals surface area contributed by atoms with Crippen LogP contribution in [0.3, 0.4) is 0 Å². The fourth-order valence-electron chi connectivity index (χ4n) is 2.39. The Labute approximate surface area is 143 Å². The molecule has 0 spiro atoms. The second kappa shape index (κ2) is 7.03. The molecule has 1 saturated heterocycles. The highest BCUT2D eigenvalue weighted by Crippen LogP contribution is 2.28. The number of carbonyl (C=O) groups is 1. The lowest BCUT2D eigenvalue weighted by Gasteiger charge is -2.40. The van der Waals surface area contributed by atoms with E-state index in [0.29, 0.717) is 6.54 Å². The van der Waals surface area contributed by atoms with Crippen LogP contribution in [0.4, 0.5) is 23.9 Å². The van der Waals surface area contributed by atoms with Gasteiger partial charge in [-0.2, -0.15) is 13.2 Å². The van der Waals surface area contributed by atoms with Crippen molar-refractivity contribution in [3.63, 3.8) is 0 Å². The van der Waals surface area contributed by atoms with Crippen molar-refractivity contribution in [3.8, 4) is 0 Å². The van der Waals surface area contributed by atoms with Crippen LogP contribution in [-0.4, -0.2) is 64.0 Å². The zero-order valence-electron chi connectivity index (χ0n) is 14.2. The summed E-state index contributed by atoms with van der Waals surface area (Å²) in [5, 5.41) is 9.56. The number of piperazine rings is 1. The third-order valence-electron chi connectivity index (χ3n) is 3.57. The molecular weight excluding hydrogens is 341 g/mol. The second-order valence-electron chi connectivity index (χ2n) is 6.73. The van der Waals surface area contributed by atoms with Crippen LogP contribution in [0.25, 0.3) is 0 Å². The van der Waals surface area contributed by atoms with Gasteiger partial charge in [0.25, 0.3) is 0 Å². The third kappa shape index (κ3) is 4.94. The van der Waals surface area contributed by atoms with E-state index in [1.54, 1.807) is 25.7 Å². The SMILES string of the molecule is CC(C)(C)OC(=O)N1CCN(c2ncc(C(F)(F)F)cn2)C[C@H]1CO. The highest BCUT2D eigenvalue weighted by molar-refractivity contribution is 5.69. The minimum absolute atomic E-state index is 0.121. The summed E-state index contributed by atoms with van der Waals surface area (Å²) in [5.74, 6) is 0.121. The molecule has 0 aliphatic carbocycles. The Morgan fingerprint density at radius 1 is 1.28 bits per heavy atom. The van der Waals surface area contributed by atoms with Gasteiger partial charge in [-0.15, -0.1) is 0 Å². The average molecular weight is 362 g/mol. The summed E-state index contributed by atoms with van der Waals surface area (Å²) >= 11 is 0. The lowest BCUT2D eigenvalue weighted by Crippen LogP contribution is -2.57. The molecule has 0 unspecified atom stereocenters. The zero-order chi connectivity index (χ0) is 18.8. The predicted molar refractivity (Wildman–Crippen MR) is 83.1 cm³/mol. The van der Waals surface area contributed by atoms with E-state index in [0.717, 1.165) is 12.4 Å².